The molecule has 0 heterocycles. The molecule has 4 heteroatoms. The fourth-order valence-corrected chi connectivity index (χ4v) is 2.52. The lowest BCUT2D eigenvalue weighted by atomic mass is 9.94. The first-order valence-electron chi connectivity index (χ1n) is 6.76. The summed E-state index contributed by atoms with van der Waals surface area (Å²) in [6.07, 6.45) is 0. The summed E-state index contributed by atoms with van der Waals surface area (Å²) >= 11 is 0. The van der Waals surface area contributed by atoms with E-state index >= 15 is 0 Å². The van der Waals surface area contributed by atoms with E-state index in [1.54, 1.807) is 14.2 Å². The summed E-state index contributed by atoms with van der Waals surface area (Å²) in [6, 6.07) is 7.09. The molecule has 21 heavy (non-hydrogen) atoms. The van der Waals surface area contributed by atoms with Crippen LogP contribution in [0.15, 0.2) is 30.3 Å². The predicted octanol–water partition coefficient (Wildman–Crippen LogP) is 3.90. The van der Waals surface area contributed by atoms with Crippen molar-refractivity contribution in [3.63, 3.8) is 0 Å². The zero-order valence-electron chi connectivity index (χ0n) is 12.6. The molecule has 2 rings (SSSR count). The van der Waals surface area contributed by atoms with Crippen LogP contribution in [-0.4, -0.2) is 14.2 Å². The van der Waals surface area contributed by atoms with Gasteiger partial charge in [-0.25, -0.2) is 8.78 Å². The largest absolute Gasteiger partial charge is 0.496 e. The summed E-state index contributed by atoms with van der Waals surface area (Å²) in [5.74, 6) is -0.439. The van der Waals surface area contributed by atoms with Gasteiger partial charge in [-0.1, -0.05) is 18.2 Å². The molecule has 1 unspecified atom stereocenters. The van der Waals surface area contributed by atoms with Gasteiger partial charge in [0.25, 0.3) is 0 Å². The quantitative estimate of drug-likeness (QED) is 0.922. The average Bonchev–Trinajstić information content (AvgIpc) is 2.45. The summed E-state index contributed by atoms with van der Waals surface area (Å²) in [5.41, 5.74) is 3.33. The van der Waals surface area contributed by atoms with Crippen molar-refractivity contribution in [3.8, 4) is 5.75 Å². The van der Waals surface area contributed by atoms with Crippen molar-refractivity contribution in [1.82, 2.24) is 5.32 Å². The van der Waals surface area contributed by atoms with E-state index in [-0.39, 0.29) is 0 Å². The second-order valence-electron chi connectivity index (χ2n) is 5.02. The van der Waals surface area contributed by atoms with E-state index in [9.17, 15) is 8.78 Å². The maximum absolute atomic E-state index is 14.1. The van der Waals surface area contributed by atoms with Gasteiger partial charge in [-0.15, -0.1) is 0 Å². The first kappa shape index (κ1) is 15.4. The minimum atomic E-state index is -0.585. The number of nitrogens with one attached hydrogen (secondary N) is 1. The number of hydrogen-bond donors (Lipinski definition) is 1. The SMILES string of the molecule is CNC(c1ccc(F)cc1F)c1ccc(C)c(C)c1OC. The number of rotatable bonds is 4. The minimum absolute atomic E-state index is 0.389. The molecule has 1 N–H and O–H groups in total. The minimum Gasteiger partial charge on any atom is -0.496 e. The van der Waals surface area contributed by atoms with Crippen LogP contribution in [0.2, 0.25) is 0 Å². The lowest BCUT2D eigenvalue weighted by molar-refractivity contribution is 0.401. The molecule has 1 atom stereocenters. The highest BCUT2D eigenvalue weighted by molar-refractivity contribution is 5.49. The third kappa shape index (κ3) is 2.90. The van der Waals surface area contributed by atoms with Gasteiger partial charge in [0.2, 0.25) is 0 Å². The maximum Gasteiger partial charge on any atom is 0.131 e. The molecule has 0 bridgehead atoms. The molecule has 2 nitrogen and oxygen atoms in total. The molecule has 0 aromatic heterocycles. The molecule has 0 aliphatic heterocycles. The molecule has 0 amide bonds. The van der Waals surface area contributed by atoms with E-state index in [0.29, 0.717) is 5.56 Å². The molecule has 0 fully saturated rings. The fourth-order valence-electron chi connectivity index (χ4n) is 2.52. The average molecular weight is 291 g/mol. The van der Waals surface area contributed by atoms with Crippen LogP contribution >= 0.6 is 0 Å². The zero-order chi connectivity index (χ0) is 15.6. The van der Waals surface area contributed by atoms with Gasteiger partial charge in [0, 0.05) is 17.2 Å². The summed E-state index contributed by atoms with van der Waals surface area (Å²) < 4.78 is 32.7. The first-order valence-corrected chi connectivity index (χ1v) is 6.76. The Labute approximate surface area is 123 Å². The summed E-state index contributed by atoms with van der Waals surface area (Å²) in [4.78, 5) is 0. The molecule has 0 radical (unpaired) electrons. The summed E-state index contributed by atoms with van der Waals surface area (Å²) in [7, 11) is 3.33. The molecular formula is C17H19F2NO. The Morgan fingerprint density at radius 3 is 2.29 bits per heavy atom. The van der Waals surface area contributed by atoms with Gasteiger partial charge in [-0.3, -0.25) is 0 Å². The predicted molar refractivity (Wildman–Crippen MR) is 79.7 cm³/mol. The molecule has 0 aliphatic carbocycles. The topological polar surface area (TPSA) is 21.3 Å². The third-order valence-corrected chi connectivity index (χ3v) is 3.78. The number of ether oxygens (including phenoxy) is 1. The standard InChI is InChI=1S/C17H19F2NO/c1-10-5-7-14(17(21-4)11(10)2)16(20-3)13-8-6-12(18)9-15(13)19/h5-9,16,20H,1-4H3. The highest BCUT2D eigenvalue weighted by atomic mass is 19.1. The fraction of sp³-hybridized carbons (Fsp3) is 0.294. The highest BCUT2D eigenvalue weighted by Crippen LogP contribution is 2.34. The van der Waals surface area contributed by atoms with E-state index in [0.717, 1.165) is 28.5 Å². The van der Waals surface area contributed by atoms with Crippen LogP contribution in [0.5, 0.6) is 5.75 Å². The summed E-state index contributed by atoms with van der Waals surface area (Å²) in [5, 5.41) is 3.07. The third-order valence-electron chi connectivity index (χ3n) is 3.78. The van der Waals surface area contributed by atoms with Crippen LogP contribution in [-0.2, 0) is 0 Å². The van der Waals surface area contributed by atoms with Gasteiger partial charge >= 0.3 is 0 Å². The van der Waals surface area contributed by atoms with Gasteiger partial charge < -0.3 is 10.1 Å². The monoisotopic (exact) mass is 291 g/mol. The van der Waals surface area contributed by atoms with Gasteiger partial charge in [-0.05, 0) is 38.1 Å². The Morgan fingerprint density at radius 2 is 1.71 bits per heavy atom. The molecule has 112 valence electrons. The van der Waals surface area contributed by atoms with E-state index in [1.165, 1.54) is 12.1 Å². The van der Waals surface area contributed by atoms with E-state index in [2.05, 4.69) is 5.32 Å². The molecule has 0 aliphatic rings. The smallest absolute Gasteiger partial charge is 0.131 e. The number of methoxy groups -OCH3 is 1. The Balaban J connectivity index is 2.59. The number of halogens is 2. The Kier molecular flexibility index (Phi) is 4.58. The Bertz CT molecular complexity index is 655. The number of hydrogen-bond acceptors (Lipinski definition) is 2. The van der Waals surface area contributed by atoms with Gasteiger partial charge in [0.15, 0.2) is 0 Å². The lowest BCUT2D eigenvalue weighted by Gasteiger charge is -2.22. The zero-order valence-corrected chi connectivity index (χ0v) is 12.6. The second-order valence-corrected chi connectivity index (χ2v) is 5.02. The van der Waals surface area contributed by atoms with Crippen molar-refractivity contribution in [1.29, 1.82) is 0 Å². The van der Waals surface area contributed by atoms with E-state index in [4.69, 9.17) is 4.74 Å². The van der Waals surface area contributed by atoms with E-state index < -0.39 is 17.7 Å². The number of aryl methyl sites for hydroxylation is 1. The molecular weight excluding hydrogens is 272 g/mol. The van der Waals surface area contributed by atoms with E-state index in [1.807, 2.05) is 26.0 Å². The van der Waals surface area contributed by atoms with Gasteiger partial charge in [-0.2, -0.15) is 0 Å². The van der Waals surface area contributed by atoms with Crippen molar-refractivity contribution < 1.29 is 13.5 Å². The molecule has 0 spiro atoms. The first-order chi connectivity index (χ1) is 9.99. The van der Waals surface area contributed by atoms with Gasteiger partial charge in [0.05, 0.1) is 13.2 Å². The van der Waals surface area contributed by atoms with Crippen LogP contribution in [0.3, 0.4) is 0 Å². The van der Waals surface area contributed by atoms with Crippen LogP contribution in [0.4, 0.5) is 8.78 Å². The Hall–Kier alpha value is -1.94. The van der Waals surface area contributed by atoms with Crippen molar-refractivity contribution in [3.05, 3.63) is 64.2 Å². The molecule has 2 aromatic rings. The molecule has 0 saturated carbocycles. The van der Waals surface area contributed by atoms with Crippen molar-refractivity contribution in [2.24, 2.45) is 0 Å². The van der Waals surface area contributed by atoms with Crippen molar-refractivity contribution in [2.45, 2.75) is 19.9 Å². The van der Waals surface area contributed by atoms with Crippen molar-refractivity contribution in [2.75, 3.05) is 14.2 Å². The molecule has 2 aromatic carbocycles. The number of benzene rings is 2. The van der Waals surface area contributed by atoms with Crippen LogP contribution in [0.1, 0.15) is 28.3 Å². The molecule has 0 saturated heterocycles. The van der Waals surface area contributed by atoms with Crippen molar-refractivity contribution >= 4 is 0 Å². The van der Waals surface area contributed by atoms with Gasteiger partial charge in [0.1, 0.15) is 17.4 Å². The van der Waals surface area contributed by atoms with Crippen LogP contribution < -0.4 is 10.1 Å². The van der Waals surface area contributed by atoms with Crippen LogP contribution in [0.25, 0.3) is 0 Å². The highest BCUT2D eigenvalue weighted by Gasteiger charge is 2.21. The normalized spacial score (nSPS) is 12.3. The summed E-state index contributed by atoms with van der Waals surface area (Å²) in [6.45, 7) is 3.96. The second kappa shape index (κ2) is 6.22. The maximum atomic E-state index is 14.1. The van der Waals surface area contributed by atoms with Crippen LogP contribution in [0, 0.1) is 25.5 Å². The lowest BCUT2D eigenvalue weighted by Crippen LogP contribution is -2.20. The Morgan fingerprint density at radius 1 is 1.05 bits per heavy atom.